The standard InChI is InChI=1S/C37H60N2O3/c1-28(25-34(40)38-27-36(42)21-10-6-11-22-36)33-20-9-12-23-37(39(3)4,32-18-7-5-8-19-32)24-14-17-31(29(2)35(33)41)26-30-15-13-16-30/h5,7-8,18-19,28-31,33,42H,6,9-17,20-27H2,1-4H3,(H,38,40)/t28?,29?,31?,33?,37-/m0/s1. The number of carbonyl (C=O) groups is 2. The quantitative estimate of drug-likeness (QED) is 0.315. The number of nitrogens with one attached hydrogen (secondary N) is 1. The van der Waals surface area contributed by atoms with Crippen LogP contribution >= 0.6 is 0 Å². The molecule has 1 amide bonds. The molecule has 0 aliphatic heterocycles. The van der Waals surface area contributed by atoms with Crippen LogP contribution in [0.3, 0.4) is 0 Å². The summed E-state index contributed by atoms with van der Waals surface area (Å²) in [6, 6.07) is 11.1. The molecule has 3 aliphatic rings. The molecule has 0 heterocycles. The van der Waals surface area contributed by atoms with Gasteiger partial charge in [-0.2, -0.15) is 0 Å². The van der Waals surface area contributed by atoms with Crippen molar-refractivity contribution in [3.05, 3.63) is 35.9 Å². The summed E-state index contributed by atoms with van der Waals surface area (Å²) < 4.78 is 0. The molecule has 3 aliphatic carbocycles. The predicted molar refractivity (Wildman–Crippen MR) is 172 cm³/mol. The van der Waals surface area contributed by atoms with Crippen molar-refractivity contribution >= 4 is 11.7 Å². The smallest absolute Gasteiger partial charge is 0.220 e. The maximum absolute atomic E-state index is 14.2. The minimum atomic E-state index is -0.763. The zero-order chi connectivity index (χ0) is 30.2. The molecule has 1 aromatic rings. The van der Waals surface area contributed by atoms with Gasteiger partial charge in [-0.3, -0.25) is 14.5 Å². The monoisotopic (exact) mass is 580 g/mol. The molecule has 1 aromatic carbocycles. The molecule has 5 nitrogen and oxygen atoms in total. The largest absolute Gasteiger partial charge is 0.388 e. The van der Waals surface area contributed by atoms with Gasteiger partial charge < -0.3 is 10.4 Å². The van der Waals surface area contributed by atoms with Gasteiger partial charge >= 0.3 is 0 Å². The van der Waals surface area contributed by atoms with Gasteiger partial charge in [0.15, 0.2) is 0 Å². The molecule has 0 bridgehead atoms. The Kier molecular flexibility index (Phi) is 12.1. The Labute approximate surface area is 256 Å². The highest BCUT2D eigenvalue weighted by Crippen LogP contribution is 2.43. The van der Waals surface area contributed by atoms with Gasteiger partial charge in [0.1, 0.15) is 5.78 Å². The van der Waals surface area contributed by atoms with Crippen molar-refractivity contribution in [1.29, 1.82) is 0 Å². The van der Waals surface area contributed by atoms with Crippen molar-refractivity contribution in [1.82, 2.24) is 10.2 Å². The normalized spacial score (nSPS) is 30.5. The zero-order valence-electron chi connectivity index (χ0n) is 27.2. The van der Waals surface area contributed by atoms with E-state index >= 15 is 0 Å². The van der Waals surface area contributed by atoms with Gasteiger partial charge in [-0.05, 0) is 82.4 Å². The number of nitrogens with zero attached hydrogens (tertiary/aromatic N) is 1. The summed E-state index contributed by atoms with van der Waals surface area (Å²) in [6.45, 7) is 4.65. The number of hydrogen-bond donors (Lipinski definition) is 2. The SMILES string of the molecule is CC(CC(=O)NCC1(O)CCCCC1)C1CCCC[C@](c2ccccc2)(N(C)C)CCCC(CC2CCC2)C(C)C1=O. The maximum Gasteiger partial charge on any atom is 0.220 e. The molecule has 4 rings (SSSR count). The van der Waals surface area contributed by atoms with Gasteiger partial charge in [0.25, 0.3) is 0 Å². The van der Waals surface area contributed by atoms with E-state index in [9.17, 15) is 14.7 Å². The molecule has 5 atom stereocenters. The van der Waals surface area contributed by atoms with Crippen LogP contribution in [0.4, 0.5) is 0 Å². The average Bonchev–Trinajstić information content (AvgIpc) is 2.95. The van der Waals surface area contributed by atoms with Crippen molar-refractivity contribution in [3.8, 4) is 0 Å². The third kappa shape index (κ3) is 8.46. The van der Waals surface area contributed by atoms with E-state index < -0.39 is 5.60 Å². The van der Waals surface area contributed by atoms with E-state index in [1.54, 1.807) is 0 Å². The molecule has 236 valence electrons. The van der Waals surface area contributed by atoms with Gasteiger partial charge in [0, 0.05) is 30.3 Å². The van der Waals surface area contributed by atoms with E-state index in [1.165, 1.54) is 31.2 Å². The lowest BCUT2D eigenvalue weighted by molar-refractivity contribution is -0.131. The second-order valence-corrected chi connectivity index (χ2v) is 14.8. The highest BCUT2D eigenvalue weighted by Gasteiger charge is 2.39. The molecule has 0 aromatic heterocycles. The summed E-state index contributed by atoms with van der Waals surface area (Å²) in [7, 11) is 4.48. The molecule has 0 spiro atoms. The Morgan fingerprint density at radius 1 is 0.929 bits per heavy atom. The van der Waals surface area contributed by atoms with Crippen LogP contribution in [0, 0.1) is 29.6 Å². The number of ketones is 1. The highest BCUT2D eigenvalue weighted by molar-refractivity contribution is 5.85. The van der Waals surface area contributed by atoms with E-state index in [-0.39, 0.29) is 29.2 Å². The molecular weight excluding hydrogens is 520 g/mol. The van der Waals surface area contributed by atoms with Crippen LogP contribution in [-0.4, -0.2) is 47.9 Å². The first-order chi connectivity index (χ1) is 20.1. The first kappa shape index (κ1) is 33.2. The first-order valence-electron chi connectivity index (χ1n) is 17.4. The Bertz CT molecular complexity index is 984. The lowest BCUT2D eigenvalue weighted by atomic mass is 9.68. The molecular formula is C37H60N2O3. The predicted octanol–water partition coefficient (Wildman–Crippen LogP) is 7.65. The number of rotatable bonds is 9. The number of amides is 1. The van der Waals surface area contributed by atoms with E-state index in [4.69, 9.17) is 0 Å². The van der Waals surface area contributed by atoms with Gasteiger partial charge in [0.2, 0.25) is 5.91 Å². The fraction of sp³-hybridized carbons (Fsp3) is 0.784. The Morgan fingerprint density at radius 2 is 1.60 bits per heavy atom. The Hall–Kier alpha value is -1.72. The lowest BCUT2D eigenvalue weighted by Gasteiger charge is -2.42. The lowest BCUT2D eigenvalue weighted by Crippen LogP contribution is -2.45. The van der Waals surface area contributed by atoms with Crippen LogP contribution < -0.4 is 5.32 Å². The number of carbonyl (C=O) groups excluding carboxylic acids is 2. The van der Waals surface area contributed by atoms with Crippen LogP contribution in [0.25, 0.3) is 0 Å². The fourth-order valence-corrected chi connectivity index (χ4v) is 8.47. The molecule has 5 heteroatoms. The molecule has 3 fully saturated rings. The molecule has 0 saturated heterocycles. The highest BCUT2D eigenvalue weighted by atomic mass is 16.3. The summed E-state index contributed by atoms with van der Waals surface area (Å²) in [4.78, 5) is 29.7. The van der Waals surface area contributed by atoms with Crippen molar-refractivity contribution in [2.75, 3.05) is 20.6 Å². The molecule has 3 saturated carbocycles. The second kappa shape index (κ2) is 15.3. The van der Waals surface area contributed by atoms with E-state index in [0.29, 0.717) is 24.7 Å². The summed E-state index contributed by atoms with van der Waals surface area (Å²) in [6.07, 6.45) is 17.6. The number of aliphatic hydroxyl groups is 1. The van der Waals surface area contributed by atoms with Crippen molar-refractivity contribution in [2.45, 2.75) is 134 Å². The average molecular weight is 581 g/mol. The zero-order valence-corrected chi connectivity index (χ0v) is 27.2. The topological polar surface area (TPSA) is 69.6 Å². The second-order valence-electron chi connectivity index (χ2n) is 14.8. The van der Waals surface area contributed by atoms with Gasteiger partial charge in [0.05, 0.1) is 5.60 Å². The summed E-state index contributed by atoms with van der Waals surface area (Å²) in [5.41, 5.74) is 0.656. The van der Waals surface area contributed by atoms with E-state index in [1.807, 2.05) is 0 Å². The van der Waals surface area contributed by atoms with E-state index in [2.05, 4.69) is 68.5 Å². The minimum absolute atomic E-state index is 0.000899. The number of Topliss-reactive ketones (excluding diaryl/α,β-unsaturated/α-hetero) is 1. The van der Waals surface area contributed by atoms with Crippen LogP contribution in [0.2, 0.25) is 0 Å². The third-order valence-corrected chi connectivity index (χ3v) is 11.7. The van der Waals surface area contributed by atoms with E-state index in [0.717, 1.165) is 83.0 Å². The third-order valence-electron chi connectivity index (χ3n) is 11.7. The minimum Gasteiger partial charge on any atom is -0.388 e. The van der Waals surface area contributed by atoms with Crippen LogP contribution in [0.15, 0.2) is 30.3 Å². The molecule has 2 N–H and O–H groups in total. The Balaban J connectivity index is 1.49. The van der Waals surface area contributed by atoms with Crippen LogP contribution in [0.1, 0.15) is 129 Å². The van der Waals surface area contributed by atoms with Gasteiger partial charge in [-0.25, -0.2) is 0 Å². The van der Waals surface area contributed by atoms with Crippen LogP contribution in [-0.2, 0) is 15.1 Å². The van der Waals surface area contributed by atoms with Gasteiger partial charge in [-0.1, -0.05) is 102 Å². The summed E-state index contributed by atoms with van der Waals surface area (Å²) in [5.74, 6) is 1.52. The van der Waals surface area contributed by atoms with Crippen LogP contribution in [0.5, 0.6) is 0 Å². The molecule has 4 unspecified atom stereocenters. The molecule has 42 heavy (non-hydrogen) atoms. The summed E-state index contributed by atoms with van der Waals surface area (Å²) >= 11 is 0. The number of benzene rings is 1. The fourth-order valence-electron chi connectivity index (χ4n) is 8.47. The van der Waals surface area contributed by atoms with Gasteiger partial charge in [-0.15, -0.1) is 0 Å². The summed E-state index contributed by atoms with van der Waals surface area (Å²) in [5, 5.41) is 13.9. The molecule has 0 radical (unpaired) electrons. The number of hydrogen-bond acceptors (Lipinski definition) is 4. The first-order valence-corrected chi connectivity index (χ1v) is 17.4. The van der Waals surface area contributed by atoms with Crippen molar-refractivity contribution < 1.29 is 14.7 Å². The van der Waals surface area contributed by atoms with Crippen molar-refractivity contribution in [2.24, 2.45) is 29.6 Å². The van der Waals surface area contributed by atoms with Crippen molar-refractivity contribution in [3.63, 3.8) is 0 Å². The Morgan fingerprint density at radius 3 is 2.24 bits per heavy atom. The maximum atomic E-state index is 14.2.